The molecule has 0 spiro atoms. The minimum atomic E-state index is 0.566. The lowest BCUT2D eigenvalue weighted by molar-refractivity contribution is 0.474. The lowest BCUT2D eigenvalue weighted by Gasteiger charge is -2.09. The second-order valence-electron chi connectivity index (χ2n) is 3.35. The molecule has 54 valence electrons. The zero-order chi connectivity index (χ0) is 6.91. The van der Waals surface area contributed by atoms with Gasteiger partial charge in [-0.05, 0) is 24.2 Å². The number of hydrogen-bond acceptors (Lipinski definition) is 0. The molecule has 0 aromatic heterocycles. The van der Waals surface area contributed by atoms with E-state index in [1.807, 2.05) is 0 Å². The van der Waals surface area contributed by atoms with Crippen LogP contribution in [0.25, 0.3) is 0 Å². The summed E-state index contributed by atoms with van der Waals surface area (Å²) in [6, 6.07) is 0. The first-order chi connectivity index (χ1) is 4.25. The van der Waals surface area contributed by atoms with Crippen LogP contribution in [0.5, 0.6) is 0 Å². The average molecular weight is 147 g/mol. The first-order valence-electron chi connectivity index (χ1n) is 3.81. The van der Waals surface area contributed by atoms with Crippen molar-refractivity contribution >= 4 is 11.6 Å². The van der Waals surface area contributed by atoms with Crippen LogP contribution in [-0.4, -0.2) is 5.88 Å². The van der Waals surface area contributed by atoms with E-state index >= 15 is 0 Å². The Morgan fingerprint density at radius 1 is 1.67 bits per heavy atom. The Kier molecular flexibility index (Phi) is 2.05. The largest absolute Gasteiger partial charge is 0.126 e. The predicted octanol–water partition coefficient (Wildman–Crippen LogP) is 3.05. The monoisotopic (exact) mass is 146 g/mol. The maximum absolute atomic E-state index is 5.83. The molecular weight excluding hydrogens is 132 g/mol. The van der Waals surface area contributed by atoms with E-state index in [1.165, 1.54) is 19.3 Å². The summed E-state index contributed by atoms with van der Waals surface area (Å²) in [5, 5.41) is 0. The van der Waals surface area contributed by atoms with E-state index in [-0.39, 0.29) is 0 Å². The summed E-state index contributed by atoms with van der Waals surface area (Å²) in [5.74, 6) is 1.78. The summed E-state index contributed by atoms with van der Waals surface area (Å²) in [5.41, 5.74) is 0.566. The Bertz CT molecular complexity index is 96.7. The van der Waals surface area contributed by atoms with Crippen molar-refractivity contribution in [2.75, 3.05) is 5.88 Å². The first-order valence-corrected chi connectivity index (χ1v) is 4.34. The van der Waals surface area contributed by atoms with Crippen LogP contribution in [0.3, 0.4) is 0 Å². The summed E-state index contributed by atoms with van der Waals surface area (Å²) < 4.78 is 0. The number of alkyl halides is 1. The maximum Gasteiger partial charge on any atom is 0.0282 e. The van der Waals surface area contributed by atoms with Gasteiger partial charge in [-0.25, -0.2) is 0 Å². The van der Waals surface area contributed by atoms with Crippen LogP contribution in [0.1, 0.15) is 33.1 Å². The zero-order valence-corrected chi connectivity index (χ0v) is 7.04. The van der Waals surface area contributed by atoms with E-state index in [2.05, 4.69) is 13.8 Å². The molecule has 0 bridgehead atoms. The van der Waals surface area contributed by atoms with Crippen LogP contribution in [0.4, 0.5) is 0 Å². The molecule has 2 unspecified atom stereocenters. The highest BCUT2D eigenvalue weighted by Crippen LogP contribution is 2.56. The second kappa shape index (κ2) is 2.49. The van der Waals surface area contributed by atoms with Gasteiger partial charge < -0.3 is 0 Å². The van der Waals surface area contributed by atoms with Gasteiger partial charge in [0.2, 0.25) is 0 Å². The van der Waals surface area contributed by atoms with Gasteiger partial charge in [-0.2, -0.15) is 0 Å². The Balaban J connectivity index is 2.33. The Morgan fingerprint density at radius 3 is 2.33 bits per heavy atom. The molecule has 0 aromatic carbocycles. The first kappa shape index (κ1) is 7.40. The topological polar surface area (TPSA) is 0 Å². The van der Waals surface area contributed by atoms with E-state index in [9.17, 15) is 0 Å². The van der Waals surface area contributed by atoms with Crippen molar-refractivity contribution in [1.29, 1.82) is 0 Å². The summed E-state index contributed by atoms with van der Waals surface area (Å²) in [7, 11) is 0. The van der Waals surface area contributed by atoms with Crippen molar-refractivity contribution < 1.29 is 0 Å². The molecular formula is C8H15Cl. The molecule has 0 amide bonds. The third kappa shape index (κ3) is 1.24. The molecule has 1 fully saturated rings. The average Bonchev–Trinajstić information content (AvgIpc) is 2.45. The van der Waals surface area contributed by atoms with E-state index in [1.54, 1.807) is 0 Å². The summed E-state index contributed by atoms with van der Waals surface area (Å²) in [6.45, 7) is 4.54. The molecule has 0 nitrogen and oxygen atoms in total. The molecule has 1 aliphatic carbocycles. The Hall–Kier alpha value is 0.290. The second-order valence-corrected chi connectivity index (χ2v) is 3.62. The van der Waals surface area contributed by atoms with Crippen molar-refractivity contribution in [3.05, 3.63) is 0 Å². The van der Waals surface area contributed by atoms with Gasteiger partial charge in [-0.1, -0.05) is 20.3 Å². The SMILES string of the molecule is CCCC1(CCl)CC1C. The molecule has 0 radical (unpaired) electrons. The van der Waals surface area contributed by atoms with Gasteiger partial charge in [-0.3, -0.25) is 0 Å². The molecule has 0 saturated heterocycles. The smallest absolute Gasteiger partial charge is 0.0282 e. The molecule has 1 aliphatic rings. The van der Waals surface area contributed by atoms with Crippen LogP contribution in [0.2, 0.25) is 0 Å². The van der Waals surface area contributed by atoms with Crippen molar-refractivity contribution in [2.45, 2.75) is 33.1 Å². The lowest BCUT2D eigenvalue weighted by atomic mass is 10.0. The third-order valence-corrected chi connectivity index (χ3v) is 3.14. The van der Waals surface area contributed by atoms with Crippen molar-refractivity contribution in [3.8, 4) is 0 Å². The van der Waals surface area contributed by atoms with Gasteiger partial charge in [0.1, 0.15) is 0 Å². The lowest BCUT2D eigenvalue weighted by Crippen LogP contribution is -2.03. The van der Waals surface area contributed by atoms with Gasteiger partial charge in [0.05, 0.1) is 0 Å². The molecule has 0 N–H and O–H groups in total. The normalized spacial score (nSPS) is 41.0. The van der Waals surface area contributed by atoms with Crippen molar-refractivity contribution in [1.82, 2.24) is 0 Å². The van der Waals surface area contributed by atoms with Gasteiger partial charge in [-0.15, -0.1) is 11.6 Å². The number of hydrogen-bond donors (Lipinski definition) is 0. The van der Waals surface area contributed by atoms with Crippen LogP contribution in [0, 0.1) is 11.3 Å². The Labute approximate surface area is 62.6 Å². The van der Waals surface area contributed by atoms with Crippen LogP contribution in [0.15, 0.2) is 0 Å². The Morgan fingerprint density at radius 2 is 2.22 bits per heavy atom. The number of halogens is 1. The van der Waals surface area contributed by atoms with E-state index in [0.717, 1.165) is 11.8 Å². The van der Waals surface area contributed by atoms with E-state index in [4.69, 9.17) is 11.6 Å². The molecule has 1 heteroatoms. The fraction of sp³-hybridized carbons (Fsp3) is 1.00. The summed E-state index contributed by atoms with van der Waals surface area (Å²) >= 11 is 5.83. The summed E-state index contributed by atoms with van der Waals surface area (Å²) in [4.78, 5) is 0. The van der Waals surface area contributed by atoms with Crippen LogP contribution in [-0.2, 0) is 0 Å². The van der Waals surface area contributed by atoms with Crippen molar-refractivity contribution in [2.24, 2.45) is 11.3 Å². The maximum atomic E-state index is 5.83. The van der Waals surface area contributed by atoms with E-state index < -0.39 is 0 Å². The fourth-order valence-electron chi connectivity index (χ4n) is 1.65. The standard InChI is InChI=1S/C8H15Cl/c1-3-4-8(6-9)5-7(8)2/h7H,3-6H2,1-2H3. The summed E-state index contributed by atoms with van der Waals surface area (Å²) in [6.07, 6.45) is 3.99. The molecule has 1 saturated carbocycles. The van der Waals surface area contributed by atoms with Gasteiger partial charge in [0, 0.05) is 5.88 Å². The number of rotatable bonds is 3. The predicted molar refractivity (Wildman–Crippen MR) is 41.8 cm³/mol. The highest BCUT2D eigenvalue weighted by atomic mass is 35.5. The van der Waals surface area contributed by atoms with Crippen LogP contribution >= 0.6 is 11.6 Å². The molecule has 2 atom stereocenters. The molecule has 0 heterocycles. The zero-order valence-electron chi connectivity index (χ0n) is 6.28. The van der Waals surface area contributed by atoms with Gasteiger partial charge in [0.25, 0.3) is 0 Å². The van der Waals surface area contributed by atoms with E-state index in [0.29, 0.717) is 5.41 Å². The van der Waals surface area contributed by atoms with Crippen molar-refractivity contribution in [3.63, 3.8) is 0 Å². The minimum Gasteiger partial charge on any atom is -0.126 e. The molecule has 9 heavy (non-hydrogen) atoms. The quantitative estimate of drug-likeness (QED) is 0.537. The van der Waals surface area contributed by atoms with Gasteiger partial charge in [0.15, 0.2) is 0 Å². The highest BCUT2D eigenvalue weighted by molar-refractivity contribution is 6.18. The third-order valence-electron chi connectivity index (χ3n) is 2.61. The molecule has 0 aromatic rings. The fourth-order valence-corrected chi connectivity index (χ4v) is 2.16. The molecule has 1 rings (SSSR count). The minimum absolute atomic E-state index is 0.566. The van der Waals surface area contributed by atoms with Gasteiger partial charge >= 0.3 is 0 Å². The molecule has 0 aliphatic heterocycles. The highest BCUT2D eigenvalue weighted by Gasteiger charge is 2.48. The van der Waals surface area contributed by atoms with Crippen LogP contribution < -0.4 is 0 Å².